The average Bonchev–Trinajstić information content (AvgIpc) is 2.80. The molecule has 19 heavy (non-hydrogen) atoms. The van der Waals surface area contributed by atoms with Gasteiger partial charge in [0.15, 0.2) is 0 Å². The summed E-state index contributed by atoms with van der Waals surface area (Å²) < 4.78 is 5.07. The Bertz CT molecular complexity index is 594. The van der Waals surface area contributed by atoms with E-state index < -0.39 is 0 Å². The topological polar surface area (TPSA) is 100 Å². The van der Waals surface area contributed by atoms with Crippen molar-refractivity contribution in [1.82, 2.24) is 15.2 Å². The minimum Gasteiger partial charge on any atom is -0.508 e. The summed E-state index contributed by atoms with van der Waals surface area (Å²) in [5.41, 5.74) is 1.05. The van der Waals surface area contributed by atoms with Crippen LogP contribution in [0.1, 0.15) is 22.8 Å². The summed E-state index contributed by atoms with van der Waals surface area (Å²) in [4.78, 5) is 15.9. The molecule has 0 unspecified atom stereocenters. The molecule has 1 amide bonds. The summed E-state index contributed by atoms with van der Waals surface area (Å²) in [6.45, 7) is 3.98. The summed E-state index contributed by atoms with van der Waals surface area (Å²) in [6, 6.07) is 4.76. The highest BCUT2D eigenvalue weighted by molar-refractivity contribution is 6.03. The van der Waals surface area contributed by atoms with Crippen molar-refractivity contribution < 1.29 is 14.6 Å². The largest absolute Gasteiger partial charge is 0.508 e. The molecule has 0 bridgehead atoms. The van der Waals surface area contributed by atoms with Crippen LogP contribution in [0, 0.1) is 6.92 Å². The van der Waals surface area contributed by atoms with E-state index in [4.69, 9.17) is 4.74 Å². The van der Waals surface area contributed by atoms with E-state index in [-0.39, 0.29) is 23.6 Å². The number of benzene rings is 1. The fourth-order valence-electron chi connectivity index (χ4n) is 1.47. The number of amides is 1. The van der Waals surface area contributed by atoms with Gasteiger partial charge in [-0.05, 0) is 37.6 Å². The van der Waals surface area contributed by atoms with Gasteiger partial charge in [0.2, 0.25) is 5.95 Å². The number of H-pyrrole nitrogens is 1. The molecule has 1 aromatic heterocycles. The predicted octanol–water partition coefficient (Wildman–Crippen LogP) is 1.47. The van der Waals surface area contributed by atoms with Crippen molar-refractivity contribution in [3.8, 4) is 11.8 Å². The van der Waals surface area contributed by atoms with Crippen LogP contribution in [0.5, 0.6) is 11.8 Å². The molecule has 1 aromatic carbocycles. The van der Waals surface area contributed by atoms with E-state index in [0.29, 0.717) is 17.7 Å². The van der Waals surface area contributed by atoms with Crippen molar-refractivity contribution in [3.63, 3.8) is 0 Å². The van der Waals surface area contributed by atoms with E-state index in [2.05, 4.69) is 20.5 Å². The molecule has 7 heteroatoms. The lowest BCUT2D eigenvalue weighted by molar-refractivity contribution is 0.102. The number of phenols is 1. The number of nitrogens with zero attached hydrogens (tertiary/aromatic N) is 2. The van der Waals surface area contributed by atoms with Gasteiger partial charge in [-0.2, -0.15) is 4.98 Å². The number of hydrogen-bond acceptors (Lipinski definition) is 5. The third-order valence-electron chi connectivity index (χ3n) is 2.43. The van der Waals surface area contributed by atoms with Crippen LogP contribution in [-0.2, 0) is 0 Å². The Morgan fingerprint density at radius 1 is 1.53 bits per heavy atom. The molecule has 0 atom stereocenters. The molecule has 7 nitrogen and oxygen atoms in total. The maximum atomic E-state index is 11.9. The highest BCUT2D eigenvalue weighted by Gasteiger charge is 2.11. The Morgan fingerprint density at radius 2 is 2.32 bits per heavy atom. The standard InChI is InChI=1S/C12H14N4O3/c1-3-19-12-14-11(15-16-12)13-10(18)8-4-5-9(17)7(2)6-8/h4-6,17H,3H2,1-2H3,(H2,13,14,15,16,18). The normalized spacial score (nSPS) is 10.2. The highest BCUT2D eigenvalue weighted by Crippen LogP contribution is 2.17. The van der Waals surface area contributed by atoms with Gasteiger partial charge in [-0.1, -0.05) is 0 Å². The Labute approximate surface area is 109 Å². The van der Waals surface area contributed by atoms with Gasteiger partial charge in [0, 0.05) is 5.56 Å². The molecule has 1 heterocycles. The number of hydrogen-bond donors (Lipinski definition) is 3. The first-order chi connectivity index (χ1) is 9.10. The second-order valence-electron chi connectivity index (χ2n) is 3.85. The number of aryl methyl sites for hydroxylation is 1. The molecule has 2 rings (SSSR count). The van der Waals surface area contributed by atoms with Crippen LogP contribution in [0.25, 0.3) is 0 Å². The summed E-state index contributed by atoms with van der Waals surface area (Å²) in [6.07, 6.45) is 0. The fourth-order valence-corrected chi connectivity index (χ4v) is 1.47. The number of phenolic OH excluding ortho intramolecular Hbond substituents is 1. The van der Waals surface area contributed by atoms with Crippen LogP contribution in [0.4, 0.5) is 5.95 Å². The Morgan fingerprint density at radius 3 is 3.00 bits per heavy atom. The van der Waals surface area contributed by atoms with Crippen LogP contribution in [0.2, 0.25) is 0 Å². The molecule has 2 aromatic rings. The zero-order valence-electron chi connectivity index (χ0n) is 10.6. The SMILES string of the molecule is CCOc1n[nH]c(NC(=O)c2ccc(O)c(C)c2)n1. The number of aromatic hydroxyl groups is 1. The molecule has 0 fully saturated rings. The lowest BCUT2D eigenvalue weighted by atomic mass is 10.1. The zero-order valence-corrected chi connectivity index (χ0v) is 10.6. The third kappa shape index (κ3) is 3.01. The highest BCUT2D eigenvalue weighted by atomic mass is 16.5. The number of rotatable bonds is 4. The average molecular weight is 262 g/mol. The molecule has 0 radical (unpaired) electrons. The van der Waals surface area contributed by atoms with Crippen molar-refractivity contribution in [2.75, 3.05) is 11.9 Å². The zero-order chi connectivity index (χ0) is 13.8. The van der Waals surface area contributed by atoms with Crippen molar-refractivity contribution in [2.24, 2.45) is 0 Å². The van der Waals surface area contributed by atoms with Gasteiger partial charge in [0.05, 0.1) is 6.61 Å². The van der Waals surface area contributed by atoms with Crippen LogP contribution in [0.3, 0.4) is 0 Å². The van der Waals surface area contributed by atoms with Crippen molar-refractivity contribution in [2.45, 2.75) is 13.8 Å². The second-order valence-corrected chi connectivity index (χ2v) is 3.85. The summed E-state index contributed by atoms with van der Waals surface area (Å²) in [5.74, 6) is 0.0105. The smallest absolute Gasteiger partial charge is 0.337 e. The number of ether oxygens (including phenoxy) is 1. The second kappa shape index (κ2) is 5.38. The fraction of sp³-hybridized carbons (Fsp3) is 0.250. The van der Waals surface area contributed by atoms with Crippen molar-refractivity contribution in [1.29, 1.82) is 0 Å². The maximum Gasteiger partial charge on any atom is 0.337 e. The number of anilines is 1. The van der Waals surface area contributed by atoms with Gasteiger partial charge < -0.3 is 9.84 Å². The molecule has 100 valence electrons. The minimum absolute atomic E-state index is 0.148. The Balaban J connectivity index is 2.09. The van der Waals surface area contributed by atoms with E-state index >= 15 is 0 Å². The van der Waals surface area contributed by atoms with Crippen LogP contribution < -0.4 is 10.1 Å². The van der Waals surface area contributed by atoms with Gasteiger partial charge in [0.1, 0.15) is 5.75 Å². The molecule has 0 aliphatic heterocycles. The first kappa shape index (κ1) is 12.9. The summed E-state index contributed by atoms with van der Waals surface area (Å²) >= 11 is 0. The van der Waals surface area contributed by atoms with Crippen LogP contribution in [0.15, 0.2) is 18.2 Å². The van der Waals surface area contributed by atoms with E-state index in [1.54, 1.807) is 13.0 Å². The van der Waals surface area contributed by atoms with Crippen molar-refractivity contribution in [3.05, 3.63) is 29.3 Å². The van der Waals surface area contributed by atoms with E-state index in [1.165, 1.54) is 12.1 Å². The maximum absolute atomic E-state index is 11.9. The summed E-state index contributed by atoms with van der Waals surface area (Å²) in [7, 11) is 0. The lowest BCUT2D eigenvalue weighted by Gasteiger charge is -2.03. The lowest BCUT2D eigenvalue weighted by Crippen LogP contribution is -2.13. The van der Waals surface area contributed by atoms with E-state index in [1.807, 2.05) is 6.92 Å². The molecule has 3 N–H and O–H groups in total. The third-order valence-corrected chi connectivity index (χ3v) is 2.43. The molecular weight excluding hydrogens is 248 g/mol. The van der Waals surface area contributed by atoms with Gasteiger partial charge in [-0.3, -0.25) is 10.1 Å². The first-order valence-corrected chi connectivity index (χ1v) is 5.76. The number of carbonyl (C=O) groups excluding carboxylic acids is 1. The number of aromatic amines is 1. The number of nitrogens with one attached hydrogen (secondary N) is 2. The van der Waals surface area contributed by atoms with Crippen LogP contribution in [-0.4, -0.2) is 32.8 Å². The van der Waals surface area contributed by atoms with Gasteiger partial charge >= 0.3 is 6.01 Å². The van der Waals surface area contributed by atoms with Crippen molar-refractivity contribution >= 4 is 11.9 Å². The van der Waals surface area contributed by atoms with Gasteiger partial charge in [0.25, 0.3) is 5.91 Å². The molecule has 0 spiro atoms. The molecule has 0 saturated heterocycles. The monoisotopic (exact) mass is 262 g/mol. The van der Waals surface area contributed by atoms with Gasteiger partial charge in [-0.25, -0.2) is 5.10 Å². The van der Waals surface area contributed by atoms with Gasteiger partial charge in [-0.15, -0.1) is 5.10 Å². The quantitative estimate of drug-likeness (QED) is 0.774. The number of carbonyl (C=O) groups is 1. The summed E-state index contributed by atoms with van der Waals surface area (Å²) in [5, 5.41) is 18.3. The minimum atomic E-state index is -0.345. The molecule has 0 aliphatic rings. The van der Waals surface area contributed by atoms with Crippen LogP contribution >= 0.6 is 0 Å². The Hall–Kier alpha value is -2.57. The molecule has 0 aliphatic carbocycles. The van der Waals surface area contributed by atoms with E-state index in [0.717, 1.165) is 0 Å². The molecule has 0 saturated carbocycles. The Kier molecular flexibility index (Phi) is 3.65. The number of aromatic nitrogens is 3. The first-order valence-electron chi connectivity index (χ1n) is 5.76. The molecular formula is C12H14N4O3. The van der Waals surface area contributed by atoms with E-state index in [9.17, 15) is 9.90 Å². The predicted molar refractivity (Wildman–Crippen MR) is 68.3 cm³/mol.